The Morgan fingerprint density at radius 2 is 1.96 bits per heavy atom. The third kappa shape index (κ3) is 4.10. The lowest BCUT2D eigenvalue weighted by Crippen LogP contribution is -2.18. The van der Waals surface area contributed by atoms with E-state index in [4.69, 9.17) is 32.7 Å². The second-order valence-electron chi connectivity index (χ2n) is 4.59. The average Bonchev–Trinajstić information content (AvgIpc) is 2.58. The van der Waals surface area contributed by atoms with E-state index in [0.29, 0.717) is 17.1 Å². The normalized spacial score (nSPS) is 10.7. The first-order valence-corrected chi connectivity index (χ1v) is 7.45. The predicted octanol–water partition coefficient (Wildman–Crippen LogP) is 3.48. The lowest BCUT2D eigenvalue weighted by Gasteiger charge is -2.07. The fraction of sp³-hybridized carbons (Fsp3) is 0.125. The van der Waals surface area contributed by atoms with Crippen LogP contribution in [0, 0.1) is 0 Å². The Morgan fingerprint density at radius 3 is 2.62 bits per heavy atom. The van der Waals surface area contributed by atoms with Gasteiger partial charge in [0, 0.05) is 16.7 Å². The van der Waals surface area contributed by atoms with E-state index in [0.717, 1.165) is 0 Å². The summed E-state index contributed by atoms with van der Waals surface area (Å²) in [5, 5.41) is 13.9. The molecule has 0 aliphatic rings. The molecule has 0 aliphatic heterocycles. The van der Waals surface area contributed by atoms with Crippen molar-refractivity contribution >= 4 is 35.3 Å². The molecule has 0 aromatic heterocycles. The Labute approximate surface area is 148 Å². The minimum absolute atomic E-state index is 0.0200. The molecule has 0 saturated carbocycles. The van der Waals surface area contributed by atoms with Crippen molar-refractivity contribution in [2.24, 2.45) is 5.10 Å². The summed E-state index contributed by atoms with van der Waals surface area (Å²) in [5.41, 5.74) is 2.84. The molecule has 0 saturated heterocycles. The monoisotopic (exact) mass is 368 g/mol. The molecule has 6 nitrogen and oxygen atoms in total. The van der Waals surface area contributed by atoms with E-state index in [1.54, 1.807) is 25.3 Å². The summed E-state index contributed by atoms with van der Waals surface area (Å²) in [6.07, 6.45) is 1.40. The summed E-state index contributed by atoms with van der Waals surface area (Å²) in [4.78, 5) is 12.1. The highest BCUT2D eigenvalue weighted by molar-refractivity contribution is 6.36. The highest BCUT2D eigenvalue weighted by Gasteiger charge is 2.14. The zero-order valence-electron chi connectivity index (χ0n) is 12.8. The van der Waals surface area contributed by atoms with E-state index in [-0.39, 0.29) is 21.4 Å². The van der Waals surface area contributed by atoms with Gasteiger partial charge in [0.1, 0.15) is 17.2 Å². The minimum atomic E-state index is -0.652. The lowest BCUT2D eigenvalue weighted by molar-refractivity contribution is 0.0952. The number of rotatable bonds is 5. The Hall–Kier alpha value is -2.44. The number of phenolic OH excluding ortho intramolecular Hbond substituents is 1. The van der Waals surface area contributed by atoms with Crippen molar-refractivity contribution in [3.63, 3.8) is 0 Å². The predicted molar refractivity (Wildman–Crippen MR) is 92.7 cm³/mol. The second kappa shape index (κ2) is 7.90. The van der Waals surface area contributed by atoms with Crippen molar-refractivity contribution in [1.82, 2.24) is 5.43 Å². The maximum Gasteiger partial charge on any atom is 0.275 e. The molecule has 2 N–H and O–H groups in total. The van der Waals surface area contributed by atoms with E-state index in [1.807, 2.05) is 0 Å². The number of amides is 1. The van der Waals surface area contributed by atoms with Crippen molar-refractivity contribution in [2.45, 2.75) is 0 Å². The number of carbonyl (C=O) groups is 1. The van der Waals surface area contributed by atoms with Gasteiger partial charge in [-0.3, -0.25) is 4.79 Å². The van der Waals surface area contributed by atoms with Gasteiger partial charge >= 0.3 is 0 Å². The van der Waals surface area contributed by atoms with Crippen molar-refractivity contribution in [1.29, 1.82) is 0 Å². The minimum Gasteiger partial charge on any atom is -0.506 e. The molecule has 0 radical (unpaired) electrons. The number of ether oxygens (including phenoxy) is 2. The van der Waals surface area contributed by atoms with Gasteiger partial charge in [-0.15, -0.1) is 0 Å². The number of phenols is 1. The topological polar surface area (TPSA) is 80.2 Å². The standard InChI is InChI=1S/C16H14Cl2N2O4/c1-23-11-4-3-9(14(7-11)24-2)8-19-20-16(22)12-5-10(17)6-13(18)15(12)21/h3-8,21H,1-2H3,(H,20,22)/b19-8+. The van der Waals surface area contributed by atoms with Gasteiger partial charge in [0.2, 0.25) is 0 Å². The molecule has 2 aromatic carbocycles. The van der Waals surface area contributed by atoms with Crippen LogP contribution in [0.2, 0.25) is 10.0 Å². The van der Waals surface area contributed by atoms with Crippen LogP contribution in [-0.2, 0) is 0 Å². The largest absolute Gasteiger partial charge is 0.506 e. The molecule has 2 rings (SSSR count). The lowest BCUT2D eigenvalue weighted by atomic mass is 10.2. The van der Waals surface area contributed by atoms with E-state index < -0.39 is 5.91 Å². The number of hydrogen-bond donors (Lipinski definition) is 2. The molecule has 0 heterocycles. The fourth-order valence-corrected chi connectivity index (χ4v) is 2.38. The zero-order valence-corrected chi connectivity index (χ0v) is 14.4. The van der Waals surface area contributed by atoms with Gasteiger partial charge in [-0.2, -0.15) is 5.10 Å². The van der Waals surface area contributed by atoms with Gasteiger partial charge in [0.05, 0.1) is 31.0 Å². The number of benzene rings is 2. The van der Waals surface area contributed by atoms with Gasteiger partial charge in [-0.05, 0) is 24.3 Å². The maximum atomic E-state index is 12.1. The van der Waals surface area contributed by atoms with E-state index in [9.17, 15) is 9.90 Å². The first-order valence-electron chi connectivity index (χ1n) is 6.69. The molecule has 0 aliphatic carbocycles. The number of aromatic hydroxyl groups is 1. The molecule has 8 heteroatoms. The van der Waals surface area contributed by atoms with E-state index >= 15 is 0 Å². The van der Waals surface area contributed by atoms with Gasteiger partial charge < -0.3 is 14.6 Å². The molecule has 126 valence electrons. The van der Waals surface area contributed by atoms with Gasteiger partial charge in [-0.1, -0.05) is 23.2 Å². The molecular weight excluding hydrogens is 355 g/mol. The summed E-state index contributed by atoms with van der Waals surface area (Å²) in [7, 11) is 3.06. The fourth-order valence-electron chi connectivity index (χ4n) is 1.88. The zero-order chi connectivity index (χ0) is 17.7. The van der Waals surface area contributed by atoms with Crippen LogP contribution in [0.1, 0.15) is 15.9 Å². The Balaban J connectivity index is 2.16. The van der Waals surface area contributed by atoms with Gasteiger partial charge in [0.15, 0.2) is 0 Å². The number of carbonyl (C=O) groups excluding carboxylic acids is 1. The molecule has 0 fully saturated rings. The highest BCUT2D eigenvalue weighted by atomic mass is 35.5. The van der Waals surface area contributed by atoms with Crippen LogP contribution in [-0.4, -0.2) is 31.4 Å². The molecule has 0 bridgehead atoms. The van der Waals surface area contributed by atoms with Crippen LogP contribution in [0.4, 0.5) is 0 Å². The first kappa shape index (κ1) is 17.9. The smallest absolute Gasteiger partial charge is 0.275 e. The second-order valence-corrected chi connectivity index (χ2v) is 5.43. The molecule has 2 aromatic rings. The van der Waals surface area contributed by atoms with Crippen molar-refractivity contribution in [2.75, 3.05) is 14.2 Å². The van der Waals surface area contributed by atoms with Crippen molar-refractivity contribution in [3.05, 3.63) is 51.5 Å². The number of hydrazone groups is 1. The Morgan fingerprint density at radius 1 is 1.21 bits per heavy atom. The Kier molecular flexibility index (Phi) is 5.89. The van der Waals surface area contributed by atoms with Crippen LogP contribution >= 0.6 is 23.2 Å². The van der Waals surface area contributed by atoms with Crippen LogP contribution in [0.5, 0.6) is 17.2 Å². The van der Waals surface area contributed by atoms with Crippen LogP contribution in [0.25, 0.3) is 0 Å². The summed E-state index contributed by atoms with van der Waals surface area (Å²) in [6.45, 7) is 0. The SMILES string of the molecule is COc1ccc(/C=N/NC(=O)c2cc(Cl)cc(Cl)c2O)c(OC)c1. The molecule has 0 unspecified atom stereocenters. The third-order valence-corrected chi connectivity index (χ3v) is 3.59. The summed E-state index contributed by atoms with van der Waals surface area (Å²) in [5.74, 6) is 0.143. The van der Waals surface area contributed by atoms with Crippen LogP contribution in [0.15, 0.2) is 35.4 Å². The number of nitrogens with zero attached hydrogens (tertiary/aromatic N) is 1. The quantitative estimate of drug-likeness (QED) is 0.625. The highest BCUT2D eigenvalue weighted by Crippen LogP contribution is 2.31. The number of hydrogen-bond acceptors (Lipinski definition) is 5. The maximum absolute atomic E-state index is 12.1. The number of nitrogens with one attached hydrogen (secondary N) is 1. The van der Waals surface area contributed by atoms with Crippen molar-refractivity contribution < 1.29 is 19.4 Å². The number of halogens is 2. The first-order chi connectivity index (χ1) is 11.5. The van der Waals surface area contributed by atoms with Gasteiger partial charge in [-0.25, -0.2) is 5.43 Å². The van der Waals surface area contributed by atoms with Crippen LogP contribution < -0.4 is 14.9 Å². The summed E-state index contributed by atoms with van der Waals surface area (Å²) in [6, 6.07) is 7.77. The summed E-state index contributed by atoms with van der Waals surface area (Å²) < 4.78 is 10.3. The average molecular weight is 369 g/mol. The van der Waals surface area contributed by atoms with Crippen LogP contribution in [0.3, 0.4) is 0 Å². The van der Waals surface area contributed by atoms with E-state index in [2.05, 4.69) is 10.5 Å². The Bertz CT molecular complexity index is 794. The molecule has 1 amide bonds. The molecule has 0 atom stereocenters. The number of methoxy groups -OCH3 is 2. The third-order valence-electron chi connectivity index (χ3n) is 3.08. The molecule has 24 heavy (non-hydrogen) atoms. The van der Waals surface area contributed by atoms with E-state index in [1.165, 1.54) is 25.5 Å². The van der Waals surface area contributed by atoms with Gasteiger partial charge in [0.25, 0.3) is 5.91 Å². The summed E-state index contributed by atoms with van der Waals surface area (Å²) >= 11 is 11.6. The molecular formula is C16H14Cl2N2O4. The van der Waals surface area contributed by atoms with Crippen molar-refractivity contribution in [3.8, 4) is 17.2 Å². The molecule has 0 spiro atoms.